The van der Waals surface area contributed by atoms with Crippen LogP contribution in [0.1, 0.15) is 16.1 Å². The number of aromatic nitrogens is 2. The van der Waals surface area contributed by atoms with Gasteiger partial charge in [0.05, 0.1) is 11.0 Å². The topological polar surface area (TPSA) is 99.3 Å². The van der Waals surface area contributed by atoms with Crippen LogP contribution < -0.4 is 10.1 Å². The van der Waals surface area contributed by atoms with E-state index in [9.17, 15) is 19.3 Å². The van der Waals surface area contributed by atoms with Crippen LogP contribution in [-0.2, 0) is 7.05 Å². The Kier molecular flexibility index (Phi) is 4.84. The number of ether oxygens (including phenoxy) is 1. The van der Waals surface area contributed by atoms with E-state index in [1.54, 1.807) is 6.07 Å². The van der Waals surface area contributed by atoms with E-state index in [0.717, 1.165) is 23.8 Å². The highest BCUT2D eigenvalue weighted by Crippen LogP contribution is 2.27. The fourth-order valence-electron chi connectivity index (χ4n) is 2.37. The number of rotatable bonds is 5. The molecule has 2 aromatic carbocycles. The number of anilines is 1. The largest absolute Gasteiger partial charge is 0.436 e. The number of amides is 1. The van der Waals surface area contributed by atoms with Crippen LogP contribution in [0.25, 0.3) is 0 Å². The quantitative estimate of drug-likeness (QED) is 0.544. The molecule has 0 fully saturated rings. The molecule has 0 bridgehead atoms. The van der Waals surface area contributed by atoms with Gasteiger partial charge in [0.2, 0.25) is 5.88 Å². The molecule has 0 aliphatic rings. The minimum atomic E-state index is -0.892. The van der Waals surface area contributed by atoms with Crippen LogP contribution in [0.5, 0.6) is 11.6 Å². The summed E-state index contributed by atoms with van der Waals surface area (Å²) < 4.78 is 20.6. The van der Waals surface area contributed by atoms with Crippen LogP contribution in [0.3, 0.4) is 0 Å². The summed E-state index contributed by atoms with van der Waals surface area (Å²) in [7, 11) is 1.53. The molecule has 9 heteroatoms. The van der Waals surface area contributed by atoms with Gasteiger partial charge >= 0.3 is 0 Å². The molecule has 1 N–H and O–H groups in total. The fourth-order valence-corrected chi connectivity index (χ4v) is 2.37. The number of halogens is 1. The van der Waals surface area contributed by atoms with Crippen LogP contribution in [0, 0.1) is 22.9 Å². The lowest BCUT2D eigenvalue weighted by molar-refractivity contribution is -0.385. The number of nitro groups is 1. The van der Waals surface area contributed by atoms with Gasteiger partial charge in [0.25, 0.3) is 11.6 Å². The smallest absolute Gasteiger partial charge is 0.276 e. The minimum absolute atomic E-state index is 0.0799. The maximum atomic E-state index is 14.0. The number of nitro benzene ring substituents is 1. The predicted molar refractivity (Wildman–Crippen MR) is 95.5 cm³/mol. The maximum Gasteiger partial charge on any atom is 0.276 e. The monoisotopic (exact) mass is 370 g/mol. The third-order valence-electron chi connectivity index (χ3n) is 3.69. The van der Waals surface area contributed by atoms with Crippen molar-refractivity contribution in [3.05, 3.63) is 75.7 Å². The highest BCUT2D eigenvalue weighted by molar-refractivity contribution is 6.03. The van der Waals surface area contributed by atoms with Gasteiger partial charge in [0, 0.05) is 24.9 Å². The molecule has 138 valence electrons. The molecular weight excluding hydrogens is 355 g/mol. The molecule has 0 aliphatic heterocycles. The summed E-state index contributed by atoms with van der Waals surface area (Å²) in [4.78, 5) is 22.3. The van der Waals surface area contributed by atoms with Gasteiger partial charge < -0.3 is 10.1 Å². The lowest BCUT2D eigenvalue weighted by Gasteiger charge is -2.05. The number of hydrogen-bond donors (Lipinski definition) is 1. The minimum Gasteiger partial charge on any atom is -0.436 e. The standard InChI is InChI=1S/C18H15FN4O4/c1-11-4-3-5-12(8-11)20-18(24)15-10-17(22(2)21-15)27-16-7-6-13(23(25)26)9-14(16)19/h3-10H,1-2H3,(H,20,24). The van der Waals surface area contributed by atoms with Crippen molar-refractivity contribution in [2.75, 3.05) is 5.32 Å². The number of nitrogens with zero attached hydrogens (tertiary/aromatic N) is 3. The van der Waals surface area contributed by atoms with Crippen molar-refractivity contribution >= 4 is 17.3 Å². The first-order chi connectivity index (χ1) is 12.8. The summed E-state index contributed by atoms with van der Waals surface area (Å²) in [5.41, 5.74) is 1.31. The normalized spacial score (nSPS) is 10.5. The first-order valence-corrected chi connectivity index (χ1v) is 7.87. The van der Waals surface area contributed by atoms with Crippen molar-refractivity contribution in [1.82, 2.24) is 9.78 Å². The highest BCUT2D eigenvalue weighted by atomic mass is 19.1. The van der Waals surface area contributed by atoms with Crippen LogP contribution in [-0.4, -0.2) is 20.6 Å². The molecule has 0 atom stereocenters. The summed E-state index contributed by atoms with van der Waals surface area (Å²) in [5.74, 6) is -1.45. The van der Waals surface area contributed by atoms with E-state index < -0.39 is 16.6 Å². The molecule has 1 heterocycles. The molecule has 3 rings (SSSR count). The second-order valence-corrected chi connectivity index (χ2v) is 5.79. The highest BCUT2D eigenvalue weighted by Gasteiger charge is 2.17. The van der Waals surface area contributed by atoms with Crippen molar-refractivity contribution < 1.29 is 18.8 Å². The number of aryl methyl sites for hydroxylation is 2. The van der Waals surface area contributed by atoms with E-state index in [1.807, 2.05) is 25.1 Å². The van der Waals surface area contributed by atoms with Crippen LogP contribution in [0.2, 0.25) is 0 Å². The molecule has 0 aliphatic carbocycles. The van der Waals surface area contributed by atoms with E-state index in [1.165, 1.54) is 17.8 Å². The number of hydrogen-bond acceptors (Lipinski definition) is 5. The van der Waals surface area contributed by atoms with Gasteiger partial charge in [-0.2, -0.15) is 5.10 Å². The Morgan fingerprint density at radius 3 is 2.70 bits per heavy atom. The molecule has 1 amide bonds. The Morgan fingerprint density at radius 2 is 2.04 bits per heavy atom. The number of benzene rings is 2. The third-order valence-corrected chi connectivity index (χ3v) is 3.69. The average Bonchev–Trinajstić information content (AvgIpc) is 2.97. The van der Waals surface area contributed by atoms with Crippen molar-refractivity contribution in [2.24, 2.45) is 7.05 Å². The maximum absolute atomic E-state index is 14.0. The average molecular weight is 370 g/mol. The van der Waals surface area contributed by atoms with E-state index in [-0.39, 0.29) is 23.0 Å². The SMILES string of the molecule is Cc1cccc(NC(=O)c2cc(Oc3ccc([N+](=O)[O-])cc3F)n(C)n2)c1. The van der Waals surface area contributed by atoms with Gasteiger partial charge in [-0.25, -0.2) is 9.07 Å². The van der Waals surface area contributed by atoms with Crippen molar-refractivity contribution in [3.8, 4) is 11.6 Å². The summed E-state index contributed by atoms with van der Waals surface area (Å²) in [6.07, 6.45) is 0. The second-order valence-electron chi connectivity index (χ2n) is 5.79. The molecule has 0 unspecified atom stereocenters. The van der Waals surface area contributed by atoms with Gasteiger partial charge in [-0.15, -0.1) is 0 Å². The first-order valence-electron chi connectivity index (χ1n) is 7.87. The molecule has 0 saturated heterocycles. The van der Waals surface area contributed by atoms with Gasteiger partial charge in [-0.1, -0.05) is 12.1 Å². The fraction of sp³-hybridized carbons (Fsp3) is 0.111. The molecular formula is C18H15FN4O4. The molecule has 8 nitrogen and oxygen atoms in total. The lowest BCUT2D eigenvalue weighted by Crippen LogP contribution is -2.13. The second kappa shape index (κ2) is 7.24. The van der Waals surface area contributed by atoms with E-state index in [4.69, 9.17) is 4.74 Å². The molecule has 0 saturated carbocycles. The number of carbonyl (C=O) groups excluding carboxylic acids is 1. The Bertz CT molecular complexity index is 1030. The molecule has 27 heavy (non-hydrogen) atoms. The number of non-ortho nitro benzene ring substituents is 1. The molecule has 1 aromatic heterocycles. The zero-order valence-electron chi connectivity index (χ0n) is 14.5. The van der Waals surface area contributed by atoms with E-state index in [2.05, 4.69) is 10.4 Å². The summed E-state index contributed by atoms with van der Waals surface area (Å²) in [6.45, 7) is 1.90. The van der Waals surface area contributed by atoms with Crippen molar-refractivity contribution in [1.29, 1.82) is 0 Å². The van der Waals surface area contributed by atoms with Gasteiger partial charge in [-0.3, -0.25) is 14.9 Å². The van der Waals surface area contributed by atoms with Crippen LogP contribution in [0.15, 0.2) is 48.5 Å². The summed E-state index contributed by atoms with van der Waals surface area (Å²) >= 11 is 0. The van der Waals surface area contributed by atoms with Crippen LogP contribution in [0.4, 0.5) is 15.8 Å². The number of nitrogens with one attached hydrogen (secondary N) is 1. The Morgan fingerprint density at radius 1 is 1.26 bits per heavy atom. The van der Waals surface area contributed by atoms with E-state index in [0.29, 0.717) is 5.69 Å². The zero-order valence-corrected chi connectivity index (χ0v) is 14.5. The van der Waals surface area contributed by atoms with Gasteiger partial charge in [-0.05, 0) is 30.7 Å². The predicted octanol–water partition coefficient (Wildman–Crippen LogP) is 3.82. The van der Waals surface area contributed by atoms with Gasteiger partial charge in [0.15, 0.2) is 17.3 Å². The third kappa shape index (κ3) is 4.09. The summed E-state index contributed by atoms with van der Waals surface area (Å²) in [6, 6.07) is 11.7. The van der Waals surface area contributed by atoms with Crippen molar-refractivity contribution in [3.63, 3.8) is 0 Å². The van der Waals surface area contributed by atoms with Gasteiger partial charge in [0.1, 0.15) is 0 Å². The lowest BCUT2D eigenvalue weighted by atomic mass is 10.2. The Balaban J connectivity index is 1.78. The Labute approximate surface area is 153 Å². The molecule has 0 radical (unpaired) electrons. The van der Waals surface area contributed by atoms with E-state index >= 15 is 0 Å². The number of carbonyl (C=O) groups is 1. The Hall–Kier alpha value is -3.75. The zero-order chi connectivity index (χ0) is 19.6. The molecule has 3 aromatic rings. The van der Waals surface area contributed by atoms with Crippen molar-refractivity contribution in [2.45, 2.75) is 6.92 Å². The summed E-state index contributed by atoms with van der Waals surface area (Å²) in [5, 5.41) is 17.4. The van der Waals surface area contributed by atoms with Crippen LogP contribution >= 0.6 is 0 Å². The molecule has 0 spiro atoms. The first kappa shape index (κ1) is 18.1.